The molecule has 0 N–H and O–H groups in total. The van der Waals surface area contributed by atoms with Crippen LogP contribution in [0.4, 0.5) is 0 Å². The highest BCUT2D eigenvalue weighted by Crippen LogP contribution is 2.30. The van der Waals surface area contributed by atoms with Crippen molar-refractivity contribution in [3.05, 3.63) is 28.2 Å². The van der Waals surface area contributed by atoms with Crippen molar-refractivity contribution in [3.63, 3.8) is 0 Å². The van der Waals surface area contributed by atoms with Gasteiger partial charge in [-0.15, -0.1) is 0 Å². The van der Waals surface area contributed by atoms with Crippen molar-refractivity contribution in [1.29, 1.82) is 5.26 Å². The van der Waals surface area contributed by atoms with Crippen LogP contribution in [0.1, 0.15) is 19.3 Å². The maximum Gasteiger partial charge on any atom is 0.181 e. The van der Waals surface area contributed by atoms with Gasteiger partial charge in [-0.25, -0.2) is 8.42 Å². The number of halogens is 2. The lowest BCUT2D eigenvalue weighted by atomic mass is 10.3. The molecule has 3 nitrogen and oxygen atoms in total. The van der Waals surface area contributed by atoms with E-state index in [0.29, 0.717) is 19.3 Å². The number of hydrogen-bond donors (Lipinski definition) is 0. The average molecular weight is 292 g/mol. The Morgan fingerprint density at radius 3 is 2.29 bits per heavy atom. The van der Waals surface area contributed by atoms with Gasteiger partial charge in [0.25, 0.3) is 0 Å². The maximum absolute atomic E-state index is 12.0. The van der Waals surface area contributed by atoms with Gasteiger partial charge >= 0.3 is 0 Å². The van der Waals surface area contributed by atoms with Gasteiger partial charge in [0.1, 0.15) is 4.90 Å². The molecule has 0 radical (unpaired) electrons. The maximum atomic E-state index is 12.0. The highest BCUT2D eigenvalue weighted by atomic mass is 35.5. The van der Waals surface area contributed by atoms with Crippen LogP contribution < -0.4 is 0 Å². The summed E-state index contributed by atoms with van der Waals surface area (Å²) in [5, 5.41) is 8.63. The molecule has 1 aromatic rings. The van der Waals surface area contributed by atoms with E-state index in [1.165, 1.54) is 12.1 Å². The molecule has 0 saturated carbocycles. The SMILES string of the molecule is N#CCCCCS(=O)(=O)c1c(Cl)cccc1Cl. The third-order valence-electron chi connectivity index (χ3n) is 2.18. The number of hydrogen-bond acceptors (Lipinski definition) is 3. The van der Waals surface area contributed by atoms with Gasteiger partial charge in [-0.05, 0) is 25.0 Å². The molecule has 0 heterocycles. The highest BCUT2D eigenvalue weighted by Gasteiger charge is 2.20. The van der Waals surface area contributed by atoms with Crippen molar-refractivity contribution in [3.8, 4) is 6.07 Å². The molecule has 0 atom stereocenters. The van der Waals surface area contributed by atoms with Crippen LogP contribution in [0.5, 0.6) is 0 Å². The first kappa shape index (κ1) is 14.3. The minimum atomic E-state index is -3.48. The second kappa shape index (κ2) is 6.25. The monoisotopic (exact) mass is 291 g/mol. The fourth-order valence-electron chi connectivity index (χ4n) is 1.38. The van der Waals surface area contributed by atoms with E-state index in [9.17, 15) is 8.42 Å². The first-order chi connectivity index (χ1) is 7.99. The third kappa shape index (κ3) is 3.88. The number of nitriles is 1. The zero-order valence-corrected chi connectivity index (χ0v) is 11.3. The molecule has 0 aromatic heterocycles. The Kier molecular flexibility index (Phi) is 5.26. The van der Waals surface area contributed by atoms with E-state index in [0.717, 1.165) is 0 Å². The molecular formula is C11H11Cl2NO2S. The summed E-state index contributed by atoms with van der Waals surface area (Å²) in [5.74, 6) is -0.0435. The molecule has 0 aliphatic heterocycles. The van der Waals surface area contributed by atoms with Crippen LogP contribution in [0.15, 0.2) is 23.1 Å². The second-order valence-corrected chi connectivity index (χ2v) is 6.35. The predicted molar refractivity (Wildman–Crippen MR) is 68.0 cm³/mol. The summed E-state index contributed by atoms with van der Waals surface area (Å²) >= 11 is 11.7. The van der Waals surface area contributed by atoms with Crippen LogP contribution in [0.3, 0.4) is 0 Å². The van der Waals surface area contributed by atoms with Crippen molar-refractivity contribution in [1.82, 2.24) is 0 Å². The summed E-state index contributed by atoms with van der Waals surface area (Å²) < 4.78 is 24.0. The molecule has 6 heteroatoms. The Hall–Kier alpha value is -0.760. The molecule has 17 heavy (non-hydrogen) atoms. The number of nitrogens with zero attached hydrogens (tertiary/aromatic N) is 1. The lowest BCUT2D eigenvalue weighted by Gasteiger charge is -2.07. The van der Waals surface area contributed by atoms with E-state index < -0.39 is 9.84 Å². The standard InChI is InChI=1S/C11H11Cl2NO2S/c12-9-5-4-6-10(13)11(9)17(15,16)8-3-1-2-7-14/h4-6H,1-3,8H2. The fourth-order valence-corrected chi connectivity index (χ4v) is 4.00. The zero-order chi connectivity index (χ0) is 12.9. The number of sulfone groups is 1. The molecule has 0 aliphatic rings. The number of rotatable bonds is 5. The van der Waals surface area contributed by atoms with Crippen LogP contribution in [0.2, 0.25) is 10.0 Å². The second-order valence-electron chi connectivity index (χ2n) is 3.48. The Bertz CT molecular complexity index is 515. The van der Waals surface area contributed by atoms with Crippen molar-refractivity contribution in [2.24, 2.45) is 0 Å². The normalized spacial score (nSPS) is 11.1. The van der Waals surface area contributed by atoms with E-state index in [4.69, 9.17) is 28.5 Å². The van der Waals surface area contributed by atoms with Gasteiger partial charge in [0.2, 0.25) is 0 Å². The molecule has 0 aliphatic carbocycles. The quantitative estimate of drug-likeness (QED) is 0.781. The Morgan fingerprint density at radius 1 is 1.18 bits per heavy atom. The third-order valence-corrected chi connectivity index (χ3v) is 4.92. The lowest BCUT2D eigenvalue weighted by Crippen LogP contribution is -2.08. The molecule has 0 amide bonds. The Balaban J connectivity index is 2.87. The molecule has 1 aromatic carbocycles. The van der Waals surface area contributed by atoms with Gasteiger partial charge in [0, 0.05) is 6.42 Å². The first-order valence-electron chi connectivity index (χ1n) is 5.03. The minimum absolute atomic E-state index is 0.0136. The Labute approximate surface area is 111 Å². The summed E-state index contributed by atoms with van der Waals surface area (Å²) in [4.78, 5) is -0.0136. The van der Waals surface area contributed by atoms with Crippen LogP contribution >= 0.6 is 23.2 Å². The molecule has 0 spiro atoms. The zero-order valence-electron chi connectivity index (χ0n) is 8.99. The number of unbranched alkanes of at least 4 members (excludes halogenated alkanes) is 2. The van der Waals surface area contributed by atoms with E-state index in [2.05, 4.69) is 0 Å². The van der Waals surface area contributed by atoms with Gasteiger partial charge < -0.3 is 0 Å². The van der Waals surface area contributed by atoms with Gasteiger partial charge in [0.15, 0.2) is 9.84 Å². The van der Waals surface area contributed by atoms with E-state index in [1.807, 2.05) is 6.07 Å². The van der Waals surface area contributed by atoms with Crippen molar-refractivity contribution >= 4 is 33.0 Å². The topological polar surface area (TPSA) is 57.9 Å². The molecule has 0 unspecified atom stereocenters. The van der Waals surface area contributed by atoms with Crippen LogP contribution in [0, 0.1) is 11.3 Å². The molecular weight excluding hydrogens is 281 g/mol. The minimum Gasteiger partial charge on any atom is -0.224 e. The molecule has 0 saturated heterocycles. The van der Waals surface area contributed by atoms with Crippen molar-refractivity contribution < 1.29 is 8.42 Å². The molecule has 92 valence electrons. The number of benzene rings is 1. The molecule has 0 bridgehead atoms. The fraction of sp³-hybridized carbons (Fsp3) is 0.364. The first-order valence-corrected chi connectivity index (χ1v) is 7.43. The van der Waals surface area contributed by atoms with Crippen LogP contribution in [0.25, 0.3) is 0 Å². The largest absolute Gasteiger partial charge is 0.224 e. The van der Waals surface area contributed by atoms with Crippen LogP contribution in [-0.2, 0) is 9.84 Å². The summed E-state index contributed by atoms with van der Waals surface area (Å²) in [7, 11) is -3.48. The van der Waals surface area contributed by atoms with Gasteiger partial charge in [-0.3, -0.25) is 0 Å². The van der Waals surface area contributed by atoms with Crippen molar-refractivity contribution in [2.75, 3.05) is 5.75 Å². The average Bonchev–Trinajstić information content (AvgIpc) is 2.24. The van der Waals surface area contributed by atoms with Gasteiger partial charge in [0.05, 0.1) is 21.9 Å². The summed E-state index contributed by atoms with van der Waals surface area (Å²) in [6.07, 6.45) is 1.33. The summed E-state index contributed by atoms with van der Waals surface area (Å²) in [6.45, 7) is 0. The lowest BCUT2D eigenvalue weighted by molar-refractivity contribution is 0.592. The van der Waals surface area contributed by atoms with Crippen molar-refractivity contribution in [2.45, 2.75) is 24.2 Å². The van der Waals surface area contributed by atoms with Gasteiger partial charge in [-0.2, -0.15) is 5.26 Å². The molecule has 1 rings (SSSR count). The Morgan fingerprint density at radius 2 is 1.76 bits per heavy atom. The predicted octanol–water partition coefficient (Wildman–Crippen LogP) is 3.46. The van der Waals surface area contributed by atoms with E-state index in [-0.39, 0.29) is 20.7 Å². The smallest absolute Gasteiger partial charge is 0.181 e. The van der Waals surface area contributed by atoms with E-state index in [1.54, 1.807) is 6.07 Å². The summed E-state index contributed by atoms with van der Waals surface area (Å²) in [5.41, 5.74) is 0. The van der Waals surface area contributed by atoms with Crippen LogP contribution in [-0.4, -0.2) is 14.2 Å². The summed E-state index contributed by atoms with van der Waals surface area (Å²) in [6, 6.07) is 6.56. The van der Waals surface area contributed by atoms with Gasteiger partial charge in [-0.1, -0.05) is 29.3 Å². The van der Waals surface area contributed by atoms with E-state index >= 15 is 0 Å². The highest BCUT2D eigenvalue weighted by molar-refractivity contribution is 7.91. The molecule has 0 fully saturated rings.